The third kappa shape index (κ3) is 3.07. The Bertz CT molecular complexity index is 603. The van der Waals surface area contributed by atoms with Crippen LogP contribution in [-0.4, -0.2) is 50.1 Å². The van der Waals surface area contributed by atoms with Crippen LogP contribution in [-0.2, 0) is 0 Å². The quantitative estimate of drug-likeness (QED) is 0.904. The molecular formula is C14H22N6S. The monoisotopic (exact) mass is 306 g/mol. The van der Waals surface area contributed by atoms with Crippen molar-refractivity contribution in [2.75, 3.05) is 29.9 Å². The number of thioether (sulfide) groups is 1. The van der Waals surface area contributed by atoms with Gasteiger partial charge in [-0.1, -0.05) is 20.8 Å². The molecular weight excluding hydrogens is 284 g/mol. The Hall–Kier alpha value is -1.50. The minimum absolute atomic E-state index is 0.605. The smallest absolute Gasteiger partial charge is 0.226 e. The summed E-state index contributed by atoms with van der Waals surface area (Å²) in [6, 6.07) is 0. The predicted octanol–water partition coefficient (Wildman–Crippen LogP) is 2.50. The van der Waals surface area contributed by atoms with Gasteiger partial charge in [-0.2, -0.15) is 21.7 Å². The van der Waals surface area contributed by atoms with Crippen LogP contribution in [0.2, 0.25) is 0 Å². The predicted molar refractivity (Wildman–Crippen MR) is 89.2 cm³/mol. The molecule has 0 spiro atoms. The normalized spacial score (nSPS) is 22.7. The molecule has 0 amide bonds. The second-order valence-electron chi connectivity index (χ2n) is 5.56. The van der Waals surface area contributed by atoms with Gasteiger partial charge < -0.3 is 15.2 Å². The molecule has 0 aliphatic carbocycles. The Balaban J connectivity index is 1.97. The van der Waals surface area contributed by atoms with E-state index in [0.29, 0.717) is 16.4 Å². The maximum atomic E-state index is 4.73. The first-order valence-corrected chi connectivity index (χ1v) is 8.47. The van der Waals surface area contributed by atoms with Crippen LogP contribution in [0.4, 0.5) is 11.8 Å². The van der Waals surface area contributed by atoms with Crippen LogP contribution < -0.4 is 10.2 Å². The molecule has 21 heavy (non-hydrogen) atoms. The van der Waals surface area contributed by atoms with E-state index in [2.05, 4.69) is 45.9 Å². The number of H-pyrrole nitrogens is 1. The first kappa shape index (κ1) is 14.4. The van der Waals surface area contributed by atoms with Crippen LogP contribution >= 0.6 is 11.8 Å². The van der Waals surface area contributed by atoms with Crippen LogP contribution in [0, 0.1) is 0 Å². The van der Waals surface area contributed by atoms with Gasteiger partial charge in [0, 0.05) is 30.1 Å². The largest absolute Gasteiger partial charge is 0.354 e. The lowest BCUT2D eigenvalue weighted by molar-refractivity contribution is 0.720. The number of nitrogens with zero attached hydrogens (tertiary/aromatic N) is 4. The van der Waals surface area contributed by atoms with E-state index in [1.54, 1.807) is 6.33 Å². The summed E-state index contributed by atoms with van der Waals surface area (Å²) in [5.74, 6) is 1.64. The molecule has 2 atom stereocenters. The molecule has 7 heteroatoms. The average Bonchev–Trinajstić information content (AvgIpc) is 2.91. The van der Waals surface area contributed by atoms with Crippen LogP contribution in [0.3, 0.4) is 0 Å². The van der Waals surface area contributed by atoms with E-state index in [1.165, 1.54) is 0 Å². The maximum absolute atomic E-state index is 4.73. The standard InChI is InChI=1S/C14H22N6S/c1-4-5-15-14-18-12-11(16-8-17-12)13(19-14)20-6-9(2)21-10(3)7-20/h8-10H,4-7H2,1-3H3,(H2,15,16,17,18,19). The van der Waals surface area contributed by atoms with Gasteiger partial charge in [0.1, 0.15) is 5.52 Å². The molecule has 114 valence electrons. The van der Waals surface area contributed by atoms with Crippen molar-refractivity contribution in [1.82, 2.24) is 19.9 Å². The van der Waals surface area contributed by atoms with Gasteiger partial charge in [-0.3, -0.25) is 0 Å². The number of imidazole rings is 1. The number of hydrogen-bond acceptors (Lipinski definition) is 6. The number of rotatable bonds is 4. The molecule has 2 unspecified atom stereocenters. The van der Waals surface area contributed by atoms with E-state index in [-0.39, 0.29) is 0 Å². The summed E-state index contributed by atoms with van der Waals surface area (Å²) in [7, 11) is 0. The Morgan fingerprint density at radius 1 is 1.33 bits per heavy atom. The van der Waals surface area contributed by atoms with E-state index in [0.717, 1.165) is 43.0 Å². The highest BCUT2D eigenvalue weighted by atomic mass is 32.2. The van der Waals surface area contributed by atoms with Gasteiger partial charge in [0.15, 0.2) is 11.5 Å². The lowest BCUT2D eigenvalue weighted by Gasteiger charge is -2.35. The summed E-state index contributed by atoms with van der Waals surface area (Å²) in [6.07, 6.45) is 2.74. The second-order valence-corrected chi connectivity index (χ2v) is 7.44. The summed E-state index contributed by atoms with van der Waals surface area (Å²) in [6.45, 7) is 9.56. The molecule has 6 nitrogen and oxygen atoms in total. The number of aromatic amines is 1. The highest BCUT2D eigenvalue weighted by molar-refractivity contribution is 8.00. The van der Waals surface area contributed by atoms with Crippen LogP contribution in [0.5, 0.6) is 0 Å². The lowest BCUT2D eigenvalue weighted by Crippen LogP contribution is -2.41. The number of fused-ring (bicyclic) bond motifs is 1. The molecule has 0 radical (unpaired) electrons. The average molecular weight is 306 g/mol. The molecule has 1 fully saturated rings. The van der Waals surface area contributed by atoms with Gasteiger partial charge in [-0.25, -0.2) is 4.98 Å². The molecule has 1 aliphatic rings. The van der Waals surface area contributed by atoms with E-state index in [1.807, 2.05) is 11.8 Å². The van der Waals surface area contributed by atoms with Gasteiger partial charge in [0.2, 0.25) is 5.95 Å². The number of aromatic nitrogens is 4. The van der Waals surface area contributed by atoms with Crippen molar-refractivity contribution >= 4 is 34.7 Å². The Kier molecular flexibility index (Phi) is 4.19. The van der Waals surface area contributed by atoms with Crippen LogP contribution in [0.15, 0.2) is 6.33 Å². The summed E-state index contributed by atoms with van der Waals surface area (Å²) in [5, 5.41) is 4.48. The summed E-state index contributed by atoms with van der Waals surface area (Å²) < 4.78 is 0. The third-order valence-corrected chi connectivity index (χ3v) is 4.75. The lowest BCUT2D eigenvalue weighted by atomic mass is 10.3. The summed E-state index contributed by atoms with van der Waals surface area (Å²) >= 11 is 2.04. The fourth-order valence-electron chi connectivity index (χ4n) is 2.71. The van der Waals surface area contributed by atoms with Crippen molar-refractivity contribution in [2.24, 2.45) is 0 Å². The van der Waals surface area contributed by atoms with E-state index in [4.69, 9.17) is 4.98 Å². The molecule has 3 rings (SSSR count). The molecule has 2 aromatic heterocycles. The molecule has 3 heterocycles. The van der Waals surface area contributed by atoms with Crippen LogP contribution in [0.25, 0.3) is 11.2 Å². The zero-order chi connectivity index (χ0) is 14.8. The zero-order valence-electron chi connectivity index (χ0n) is 12.8. The van der Waals surface area contributed by atoms with Gasteiger partial charge in [0.05, 0.1) is 6.33 Å². The number of anilines is 2. The fourth-order valence-corrected chi connectivity index (χ4v) is 4.04. The highest BCUT2D eigenvalue weighted by Gasteiger charge is 2.25. The van der Waals surface area contributed by atoms with Gasteiger partial charge in [0.25, 0.3) is 0 Å². The third-order valence-electron chi connectivity index (χ3n) is 3.52. The fraction of sp³-hybridized carbons (Fsp3) is 0.643. The molecule has 0 saturated carbocycles. The van der Waals surface area contributed by atoms with E-state index >= 15 is 0 Å². The molecule has 1 saturated heterocycles. The highest BCUT2D eigenvalue weighted by Crippen LogP contribution is 2.30. The first-order chi connectivity index (χ1) is 10.2. The minimum Gasteiger partial charge on any atom is -0.354 e. The molecule has 0 aromatic carbocycles. The summed E-state index contributed by atoms with van der Waals surface area (Å²) in [5.41, 5.74) is 1.67. The van der Waals surface area contributed by atoms with Crippen molar-refractivity contribution in [3.8, 4) is 0 Å². The van der Waals surface area contributed by atoms with Crippen molar-refractivity contribution < 1.29 is 0 Å². The molecule has 2 N–H and O–H groups in total. The minimum atomic E-state index is 0.605. The second kappa shape index (κ2) is 6.09. The molecule has 2 aromatic rings. The Morgan fingerprint density at radius 3 is 2.81 bits per heavy atom. The van der Waals surface area contributed by atoms with Crippen LogP contribution in [0.1, 0.15) is 27.2 Å². The zero-order valence-corrected chi connectivity index (χ0v) is 13.6. The van der Waals surface area contributed by atoms with Gasteiger partial charge in [-0.15, -0.1) is 0 Å². The summed E-state index contributed by atoms with van der Waals surface area (Å²) in [4.78, 5) is 19.0. The number of hydrogen-bond donors (Lipinski definition) is 2. The Labute approximate surface area is 129 Å². The van der Waals surface area contributed by atoms with Gasteiger partial charge in [-0.05, 0) is 6.42 Å². The molecule has 0 bridgehead atoms. The van der Waals surface area contributed by atoms with E-state index in [9.17, 15) is 0 Å². The maximum Gasteiger partial charge on any atom is 0.226 e. The van der Waals surface area contributed by atoms with Crippen molar-refractivity contribution in [2.45, 2.75) is 37.7 Å². The molecule has 1 aliphatic heterocycles. The topological polar surface area (TPSA) is 69.7 Å². The van der Waals surface area contributed by atoms with Gasteiger partial charge >= 0.3 is 0 Å². The number of nitrogens with one attached hydrogen (secondary N) is 2. The van der Waals surface area contributed by atoms with Crippen molar-refractivity contribution in [3.63, 3.8) is 0 Å². The first-order valence-electron chi connectivity index (χ1n) is 7.52. The SMILES string of the molecule is CCCNc1nc(N2CC(C)SC(C)C2)c2[nH]cnc2n1. The van der Waals surface area contributed by atoms with E-state index < -0.39 is 0 Å². The Morgan fingerprint density at radius 2 is 2.10 bits per heavy atom. The van der Waals surface area contributed by atoms with Crippen molar-refractivity contribution in [1.29, 1.82) is 0 Å². The van der Waals surface area contributed by atoms with Crippen molar-refractivity contribution in [3.05, 3.63) is 6.33 Å².